The molecule has 0 aliphatic carbocycles. The van der Waals surface area contributed by atoms with Crippen molar-refractivity contribution in [2.24, 2.45) is 0 Å². The molecule has 0 bridgehead atoms. The molecule has 0 saturated heterocycles. The largest absolute Gasteiger partial charge is 0.461 e. The molecule has 1 heterocycles. The van der Waals surface area contributed by atoms with Gasteiger partial charge < -0.3 is 15.0 Å². The van der Waals surface area contributed by atoms with Crippen LogP contribution in [0, 0.1) is 0 Å². The SMILES string of the molecule is CCOC(=O)c1[nH]c2cc(Cl)cc(Cl)c2c1NCCCC(=O)c1ccccc1. The summed E-state index contributed by atoms with van der Waals surface area (Å²) in [4.78, 5) is 27.6. The summed E-state index contributed by atoms with van der Waals surface area (Å²) in [6, 6.07) is 12.5. The number of carbonyl (C=O) groups excluding carboxylic acids is 2. The first-order valence-corrected chi connectivity index (χ1v) is 9.76. The van der Waals surface area contributed by atoms with Crippen molar-refractivity contribution in [3.05, 3.63) is 63.8 Å². The summed E-state index contributed by atoms with van der Waals surface area (Å²) >= 11 is 12.4. The molecule has 3 rings (SSSR count). The maximum atomic E-state index is 12.3. The van der Waals surface area contributed by atoms with Gasteiger partial charge in [0, 0.05) is 28.9 Å². The first-order chi connectivity index (χ1) is 13.5. The van der Waals surface area contributed by atoms with Crippen molar-refractivity contribution in [2.75, 3.05) is 18.5 Å². The molecule has 3 aromatic rings. The molecule has 2 aromatic carbocycles. The quantitative estimate of drug-likeness (QED) is 0.278. The van der Waals surface area contributed by atoms with E-state index in [2.05, 4.69) is 10.3 Å². The molecule has 2 N–H and O–H groups in total. The summed E-state index contributed by atoms with van der Waals surface area (Å²) in [5.74, 6) is -0.398. The summed E-state index contributed by atoms with van der Waals surface area (Å²) in [5.41, 5.74) is 2.18. The lowest BCUT2D eigenvalue weighted by Crippen LogP contribution is -2.11. The number of H-pyrrole nitrogens is 1. The third kappa shape index (κ3) is 4.49. The van der Waals surface area contributed by atoms with Gasteiger partial charge in [-0.1, -0.05) is 53.5 Å². The number of hydrogen-bond donors (Lipinski definition) is 2. The number of ketones is 1. The van der Waals surface area contributed by atoms with E-state index in [-0.39, 0.29) is 18.1 Å². The van der Waals surface area contributed by atoms with Gasteiger partial charge in [-0.3, -0.25) is 4.79 Å². The van der Waals surface area contributed by atoms with E-state index in [0.717, 1.165) is 0 Å². The van der Waals surface area contributed by atoms with Gasteiger partial charge in [0.25, 0.3) is 0 Å². The van der Waals surface area contributed by atoms with Gasteiger partial charge in [-0.25, -0.2) is 4.79 Å². The molecule has 0 aliphatic heterocycles. The molecule has 0 atom stereocenters. The summed E-state index contributed by atoms with van der Waals surface area (Å²) in [6.45, 7) is 2.50. The van der Waals surface area contributed by atoms with Crippen LogP contribution in [0.4, 0.5) is 5.69 Å². The number of anilines is 1. The molecular weight excluding hydrogens is 399 g/mol. The maximum Gasteiger partial charge on any atom is 0.356 e. The van der Waals surface area contributed by atoms with E-state index in [1.165, 1.54) is 0 Å². The normalized spacial score (nSPS) is 10.8. The molecule has 28 heavy (non-hydrogen) atoms. The average molecular weight is 419 g/mol. The molecule has 0 radical (unpaired) electrons. The fourth-order valence-corrected chi connectivity index (χ4v) is 3.60. The van der Waals surface area contributed by atoms with Crippen molar-refractivity contribution in [2.45, 2.75) is 19.8 Å². The highest BCUT2D eigenvalue weighted by atomic mass is 35.5. The Labute approximate surface area is 173 Å². The Bertz CT molecular complexity index is 1000. The zero-order valence-electron chi connectivity index (χ0n) is 15.4. The van der Waals surface area contributed by atoms with E-state index < -0.39 is 5.97 Å². The highest BCUT2D eigenvalue weighted by molar-refractivity contribution is 6.40. The molecule has 7 heteroatoms. The molecule has 146 valence electrons. The number of halogens is 2. The number of aromatic amines is 1. The maximum absolute atomic E-state index is 12.3. The van der Waals surface area contributed by atoms with Crippen LogP contribution in [0.25, 0.3) is 10.9 Å². The van der Waals surface area contributed by atoms with E-state index in [9.17, 15) is 9.59 Å². The number of Topliss-reactive ketones (excluding diaryl/α,β-unsaturated/α-hetero) is 1. The van der Waals surface area contributed by atoms with Crippen molar-refractivity contribution >= 4 is 51.5 Å². The predicted octanol–water partition coefficient (Wildman–Crippen LogP) is 5.73. The standard InChI is InChI=1S/C21H20Cl2N2O3/c1-2-28-21(27)20-19(18-15(23)11-14(22)12-16(18)25-20)24-10-6-9-17(26)13-7-4-3-5-8-13/h3-5,7-8,11-12,24-25H,2,6,9-10H2,1H3. The zero-order valence-corrected chi connectivity index (χ0v) is 16.9. The van der Waals surface area contributed by atoms with E-state index in [1.54, 1.807) is 31.2 Å². The monoisotopic (exact) mass is 418 g/mol. The minimum absolute atomic E-state index is 0.0803. The van der Waals surface area contributed by atoms with Crippen molar-refractivity contribution in [3.63, 3.8) is 0 Å². The van der Waals surface area contributed by atoms with Crippen molar-refractivity contribution in [3.8, 4) is 0 Å². The third-order valence-electron chi connectivity index (χ3n) is 4.27. The molecule has 1 aromatic heterocycles. The Kier molecular flexibility index (Phi) is 6.60. The molecule has 0 spiro atoms. The van der Waals surface area contributed by atoms with Crippen molar-refractivity contribution in [1.29, 1.82) is 0 Å². The number of carbonyl (C=O) groups is 2. The van der Waals surface area contributed by atoms with E-state index in [4.69, 9.17) is 27.9 Å². The van der Waals surface area contributed by atoms with E-state index in [0.29, 0.717) is 51.6 Å². The third-order valence-corrected chi connectivity index (χ3v) is 4.79. The second kappa shape index (κ2) is 9.13. The highest BCUT2D eigenvalue weighted by Crippen LogP contribution is 2.36. The molecule has 5 nitrogen and oxygen atoms in total. The summed E-state index contributed by atoms with van der Waals surface area (Å²) in [7, 11) is 0. The Morgan fingerprint density at radius 1 is 1.14 bits per heavy atom. The number of hydrogen-bond acceptors (Lipinski definition) is 4. The molecule has 0 saturated carbocycles. The number of rotatable bonds is 8. The van der Waals surface area contributed by atoms with Crippen LogP contribution in [0.1, 0.15) is 40.6 Å². The number of aromatic nitrogens is 1. The lowest BCUT2D eigenvalue weighted by Gasteiger charge is -2.09. The smallest absolute Gasteiger partial charge is 0.356 e. The van der Waals surface area contributed by atoms with Crippen LogP contribution in [-0.2, 0) is 4.74 Å². The Hall–Kier alpha value is -2.50. The Morgan fingerprint density at radius 2 is 1.89 bits per heavy atom. The molecule has 0 amide bonds. The van der Waals surface area contributed by atoms with Gasteiger partial charge in [-0.15, -0.1) is 0 Å². The van der Waals surface area contributed by atoms with Crippen LogP contribution in [0.3, 0.4) is 0 Å². The van der Waals surface area contributed by atoms with Crippen LogP contribution >= 0.6 is 23.2 Å². The minimum Gasteiger partial charge on any atom is -0.461 e. The summed E-state index contributed by atoms with van der Waals surface area (Å²) in [5, 5.41) is 4.80. The summed E-state index contributed by atoms with van der Waals surface area (Å²) < 4.78 is 5.13. The first kappa shape index (κ1) is 20.2. The highest BCUT2D eigenvalue weighted by Gasteiger charge is 2.21. The lowest BCUT2D eigenvalue weighted by molar-refractivity contribution is 0.0521. The first-order valence-electron chi connectivity index (χ1n) is 9.01. The number of ether oxygens (including phenoxy) is 1. The Balaban J connectivity index is 1.76. The zero-order chi connectivity index (χ0) is 20.1. The average Bonchev–Trinajstić information content (AvgIpc) is 3.04. The van der Waals surface area contributed by atoms with Gasteiger partial charge in [0.2, 0.25) is 0 Å². The van der Waals surface area contributed by atoms with Gasteiger partial charge in [0.05, 0.1) is 22.8 Å². The second-order valence-corrected chi connectivity index (χ2v) is 7.07. The van der Waals surface area contributed by atoms with Crippen LogP contribution in [0.15, 0.2) is 42.5 Å². The number of benzene rings is 2. The van der Waals surface area contributed by atoms with Crippen molar-refractivity contribution < 1.29 is 14.3 Å². The predicted molar refractivity (Wildman–Crippen MR) is 113 cm³/mol. The fourth-order valence-electron chi connectivity index (χ4n) is 3.01. The minimum atomic E-state index is -0.478. The van der Waals surface area contributed by atoms with Crippen LogP contribution in [0.2, 0.25) is 10.0 Å². The number of esters is 1. The van der Waals surface area contributed by atoms with Gasteiger partial charge in [-0.2, -0.15) is 0 Å². The van der Waals surface area contributed by atoms with Gasteiger partial charge in [0.15, 0.2) is 5.78 Å². The van der Waals surface area contributed by atoms with Crippen molar-refractivity contribution in [1.82, 2.24) is 4.98 Å². The van der Waals surface area contributed by atoms with E-state index >= 15 is 0 Å². The lowest BCUT2D eigenvalue weighted by atomic mass is 10.1. The van der Waals surface area contributed by atoms with Crippen LogP contribution in [0.5, 0.6) is 0 Å². The topological polar surface area (TPSA) is 71.2 Å². The summed E-state index contributed by atoms with van der Waals surface area (Å²) in [6.07, 6.45) is 1.00. The Morgan fingerprint density at radius 3 is 2.61 bits per heavy atom. The van der Waals surface area contributed by atoms with Crippen LogP contribution in [-0.4, -0.2) is 29.9 Å². The molecule has 0 aliphatic rings. The second-order valence-electron chi connectivity index (χ2n) is 6.23. The molecule has 0 fully saturated rings. The molecule has 0 unspecified atom stereocenters. The molecular formula is C21H20Cl2N2O3. The van der Waals surface area contributed by atoms with Gasteiger partial charge in [0.1, 0.15) is 5.69 Å². The number of nitrogens with one attached hydrogen (secondary N) is 2. The fraction of sp³-hybridized carbons (Fsp3) is 0.238. The number of fused-ring (bicyclic) bond motifs is 1. The van der Waals surface area contributed by atoms with Gasteiger partial charge >= 0.3 is 5.97 Å². The van der Waals surface area contributed by atoms with Crippen LogP contribution < -0.4 is 5.32 Å². The van der Waals surface area contributed by atoms with Gasteiger partial charge in [-0.05, 0) is 25.5 Å². The van der Waals surface area contributed by atoms with E-state index in [1.807, 2.05) is 18.2 Å².